The Bertz CT molecular complexity index is 719. The summed E-state index contributed by atoms with van der Waals surface area (Å²) in [6, 6.07) is 9.04. The Kier molecular flexibility index (Phi) is 3.21. The summed E-state index contributed by atoms with van der Waals surface area (Å²) >= 11 is 0. The van der Waals surface area contributed by atoms with E-state index in [4.69, 9.17) is 0 Å². The number of aromatic nitrogens is 3. The molecule has 0 fully saturated rings. The van der Waals surface area contributed by atoms with Crippen LogP contribution in [-0.4, -0.2) is 25.8 Å². The minimum absolute atomic E-state index is 0.293. The summed E-state index contributed by atoms with van der Waals surface area (Å²) in [5.41, 5.74) is 1.77. The zero-order chi connectivity index (χ0) is 15.0. The average Bonchev–Trinajstić information content (AvgIpc) is 2.88. The molecule has 0 spiro atoms. The number of rotatable bonds is 3. The highest BCUT2D eigenvalue weighted by molar-refractivity contribution is 5.90. The van der Waals surface area contributed by atoms with Crippen LogP contribution in [0.3, 0.4) is 0 Å². The first kappa shape index (κ1) is 13.4. The number of nitrogens with zero attached hydrogens (tertiary/aromatic N) is 3. The van der Waals surface area contributed by atoms with Crippen LogP contribution in [-0.2, 0) is 11.2 Å². The maximum atomic E-state index is 11.7. The van der Waals surface area contributed by atoms with Gasteiger partial charge in [-0.15, -0.1) is 0 Å². The van der Waals surface area contributed by atoms with Crippen LogP contribution in [0.25, 0.3) is 0 Å². The first-order valence-corrected chi connectivity index (χ1v) is 6.83. The minimum atomic E-state index is -0.951. The van der Waals surface area contributed by atoms with E-state index in [1.807, 2.05) is 37.3 Å². The van der Waals surface area contributed by atoms with Gasteiger partial charge in [0.15, 0.2) is 5.82 Å². The number of carboxylic acids is 1. The normalized spacial score (nSPS) is 17.3. The molecule has 1 atom stereocenters. The largest absolute Gasteiger partial charge is 0.478 e. The first-order valence-electron chi connectivity index (χ1n) is 6.83. The molecule has 0 radical (unpaired) electrons. The lowest BCUT2D eigenvalue weighted by Crippen LogP contribution is -2.28. The topological polar surface area (TPSA) is 80.0 Å². The molecule has 0 aliphatic carbocycles. The SMILES string of the molecule is CCc1nc2n(n1)C(c1ccccc1)C(C(=O)O)=C(C)N2. The number of benzene rings is 1. The fourth-order valence-electron chi connectivity index (χ4n) is 2.57. The van der Waals surface area contributed by atoms with Crippen LogP contribution in [0.1, 0.15) is 31.3 Å². The number of allylic oxidation sites excluding steroid dienone is 1. The summed E-state index contributed by atoms with van der Waals surface area (Å²) in [6.07, 6.45) is 0.699. The monoisotopic (exact) mass is 284 g/mol. The van der Waals surface area contributed by atoms with E-state index in [2.05, 4.69) is 15.4 Å². The predicted molar refractivity (Wildman–Crippen MR) is 77.9 cm³/mol. The van der Waals surface area contributed by atoms with Crippen molar-refractivity contribution >= 4 is 11.9 Å². The molecule has 1 aliphatic heterocycles. The Balaban J connectivity index is 2.20. The number of carbonyl (C=O) groups is 1. The lowest BCUT2D eigenvalue weighted by Gasteiger charge is -2.27. The van der Waals surface area contributed by atoms with Gasteiger partial charge in [0, 0.05) is 12.1 Å². The van der Waals surface area contributed by atoms with Gasteiger partial charge in [-0.2, -0.15) is 10.1 Å². The number of anilines is 1. The van der Waals surface area contributed by atoms with E-state index in [0.29, 0.717) is 29.5 Å². The molecule has 6 nitrogen and oxygen atoms in total. The van der Waals surface area contributed by atoms with Gasteiger partial charge in [-0.25, -0.2) is 9.48 Å². The van der Waals surface area contributed by atoms with Crippen molar-refractivity contribution in [1.82, 2.24) is 14.8 Å². The second kappa shape index (κ2) is 5.05. The lowest BCUT2D eigenvalue weighted by molar-refractivity contribution is -0.133. The number of aryl methyl sites for hydroxylation is 1. The van der Waals surface area contributed by atoms with Gasteiger partial charge in [0.1, 0.15) is 6.04 Å². The van der Waals surface area contributed by atoms with Gasteiger partial charge in [-0.3, -0.25) is 0 Å². The van der Waals surface area contributed by atoms with Gasteiger partial charge in [-0.1, -0.05) is 37.3 Å². The van der Waals surface area contributed by atoms with Crippen LogP contribution >= 0.6 is 0 Å². The number of hydrogen-bond acceptors (Lipinski definition) is 4. The summed E-state index contributed by atoms with van der Waals surface area (Å²) in [4.78, 5) is 16.1. The van der Waals surface area contributed by atoms with Crippen molar-refractivity contribution in [3.05, 3.63) is 53.0 Å². The smallest absolute Gasteiger partial charge is 0.335 e. The Labute approximate surface area is 122 Å². The molecule has 0 saturated carbocycles. The van der Waals surface area contributed by atoms with E-state index in [1.165, 1.54) is 0 Å². The van der Waals surface area contributed by atoms with Crippen molar-refractivity contribution in [1.29, 1.82) is 0 Å². The molecule has 1 aromatic carbocycles. The van der Waals surface area contributed by atoms with Gasteiger partial charge in [-0.05, 0) is 12.5 Å². The van der Waals surface area contributed by atoms with Gasteiger partial charge in [0.25, 0.3) is 0 Å². The fraction of sp³-hybridized carbons (Fsp3) is 0.267. The Morgan fingerprint density at radius 3 is 2.71 bits per heavy atom. The van der Waals surface area contributed by atoms with E-state index in [1.54, 1.807) is 11.6 Å². The molecule has 1 aromatic heterocycles. The van der Waals surface area contributed by atoms with Crippen molar-refractivity contribution in [2.75, 3.05) is 5.32 Å². The first-order chi connectivity index (χ1) is 10.1. The molecule has 1 aliphatic rings. The molecule has 108 valence electrons. The van der Waals surface area contributed by atoms with E-state index in [-0.39, 0.29) is 0 Å². The summed E-state index contributed by atoms with van der Waals surface area (Å²) in [5, 5.41) is 17.0. The molecule has 2 N–H and O–H groups in total. The maximum absolute atomic E-state index is 11.7. The number of carboxylic acid groups (broad SMARTS) is 1. The van der Waals surface area contributed by atoms with Crippen LogP contribution in [0.15, 0.2) is 41.6 Å². The molecule has 0 saturated heterocycles. The second-order valence-corrected chi connectivity index (χ2v) is 4.93. The molecule has 3 rings (SSSR count). The highest BCUT2D eigenvalue weighted by Crippen LogP contribution is 2.34. The quantitative estimate of drug-likeness (QED) is 0.903. The van der Waals surface area contributed by atoms with Gasteiger partial charge >= 0.3 is 5.97 Å². The summed E-state index contributed by atoms with van der Waals surface area (Å²) < 4.78 is 1.66. The number of fused-ring (bicyclic) bond motifs is 1. The van der Waals surface area contributed by atoms with E-state index < -0.39 is 12.0 Å². The Morgan fingerprint density at radius 1 is 1.38 bits per heavy atom. The van der Waals surface area contributed by atoms with Gasteiger partial charge in [0.2, 0.25) is 5.95 Å². The molecule has 2 heterocycles. The van der Waals surface area contributed by atoms with Crippen LogP contribution < -0.4 is 5.32 Å². The zero-order valence-corrected chi connectivity index (χ0v) is 11.9. The third-order valence-corrected chi connectivity index (χ3v) is 3.56. The van der Waals surface area contributed by atoms with Crippen LogP contribution in [0, 0.1) is 0 Å². The van der Waals surface area contributed by atoms with Crippen molar-refractivity contribution in [2.24, 2.45) is 0 Å². The lowest BCUT2D eigenvalue weighted by atomic mass is 9.96. The van der Waals surface area contributed by atoms with Crippen LogP contribution in [0.2, 0.25) is 0 Å². The fourth-order valence-corrected chi connectivity index (χ4v) is 2.57. The Morgan fingerprint density at radius 2 is 2.10 bits per heavy atom. The third kappa shape index (κ3) is 2.18. The van der Waals surface area contributed by atoms with E-state index in [9.17, 15) is 9.90 Å². The molecule has 2 aromatic rings. The zero-order valence-electron chi connectivity index (χ0n) is 11.9. The number of hydrogen-bond donors (Lipinski definition) is 2. The molecule has 21 heavy (non-hydrogen) atoms. The Hall–Kier alpha value is -2.63. The van der Waals surface area contributed by atoms with Crippen molar-refractivity contribution in [2.45, 2.75) is 26.3 Å². The standard InChI is InChI=1S/C15H16N4O2/c1-3-11-17-15-16-9(2)12(14(20)21)13(19(15)18-11)10-7-5-4-6-8-10/h4-8,13H,3H2,1-2H3,(H,20,21)(H,16,17,18). The summed E-state index contributed by atoms with van der Waals surface area (Å²) in [6.45, 7) is 3.72. The van der Waals surface area contributed by atoms with Gasteiger partial charge < -0.3 is 10.4 Å². The molecule has 1 unspecified atom stereocenters. The summed E-state index contributed by atoms with van der Waals surface area (Å²) in [7, 11) is 0. The highest BCUT2D eigenvalue weighted by Gasteiger charge is 2.33. The van der Waals surface area contributed by atoms with Crippen molar-refractivity contribution in [3.8, 4) is 0 Å². The van der Waals surface area contributed by atoms with E-state index in [0.717, 1.165) is 5.56 Å². The van der Waals surface area contributed by atoms with Crippen LogP contribution in [0.5, 0.6) is 0 Å². The minimum Gasteiger partial charge on any atom is -0.478 e. The molecule has 0 bridgehead atoms. The number of aliphatic carboxylic acids is 1. The molecule has 6 heteroatoms. The van der Waals surface area contributed by atoms with Gasteiger partial charge in [0.05, 0.1) is 5.57 Å². The summed E-state index contributed by atoms with van der Waals surface area (Å²) in [5.74, 6) is 0.328. The van der Waals surface area contributed by atoms with Crippen molar-refractivity contribution in [3.63, 3.8) is 0 Å². The van der Waals surface area contributed by atoms with Crippen LogP contribution in [0.4, 0.5) is 5.95 Å². The van der Waals surface area contributed by atoms with E-state index >= 15 is 0 Å². The number of nitrogens with one attached hydrogen (secondary N) is 1. The second-order valence-electron chi connectivity index (χ2n) is 4.93. The van der Waals surface area contributed by atoms with Crippen molar-refractivity contribution < 1.29 is 9.90 Å². The molecular formula is C15H16N4O2. The molecular weight excluding hydrogens is 268 g/mol. The predicted octanol–water partition coefficient (Wildman–Crippen LogP) is 2.21. The highest BCUT2D eigenvalue weighted by atomic mass is 16.4. The maximum Gasteiger partial charge on any atom is 0.335 e. The third-order valence-electron chi connectivity index (χ3n) is 3.56. The average molecular weight is 284 g/mol. The molecule has 0 amide bonds.